The van der Waals surface area contributed by atoms with Gasteiger partial charge < -0.3 is 14.6 Å². The molecule has 5 nitrogen and oxygen atoms in total. The van der Waals surface area contributed by atoms with Gasteiger partial charge in [0.15, 0.2) is 6.10 Å². The van der Waals surface area contributed by atoms with E-state index >= 15 is 0 Å². The highest BCUT2D eigenvalue weighted by molar-refractivity contribution is 5.70. The van der Waals surface area contributed by atoms with Crippen molar-refractivity contribution in [1.82, 2.24) is 0 Å². The lowest BCUT2D eigenvalue weighted by Crippen LogP contribution is -2.28. The van der Waals surface area contributed by atoms with E-state index in [1.165, 1.54) is 295 Å². The molecule has 0 spiro atoms. The van der Waals surface area contributed by atoms with Crippen LogP contribution >= 0.6 is 0 Å². The smallest absolute Gasteiger partial charge is 0.306 e. The van der Waals surface area contributed by atoms with E-state index in [1.807, 2.05) is 0 Å². The van der Waals surface area contributed by atoms with Gasteiger partial charge in [-0.2, -0.15) is 0 Å². The fourth-order valence-corrected chi connectivity index (χ4v) is 11.5. The van der Waals surface area contributed by atoms with E-state index in [0.29, 0.717) is 12.8 Å². The summed E-state index contributed by atoms with van der Waals surface area (Å²) in [6, 6.07) is 0. The van der Waals surface area contributed by atoms with Crippen LogP contribution in [0.4, 0.5) is 0 Å². The average Bonchev–Trinajstić information content (AvgIpc) is 3.55. The van der Waals surface area contributed by atoms with Gasteiger partial charge in [-0.3, -0.25) is 9.59 Å². The summed E-state index contributed by atoms with van der Waals surface area (Å²) in [5.74, 6) is -0.572. The molecule has 0 saturated heterocycles. The number of aliphatic hydroxyl groups is 1. The number of carbonyl (C=O) groups excluding carboxylic acids is 2. The molecule has 0 radical (unpaired) electrons. The van der Waals surface area contributed by atoms with Crippen LogP contribution in [0.1, 0.15) is 399 Å². The first kappa shape index (κ1) is 83.1. The topological polar surface area (TPSA) is 72.8 Å². The van der Waals surface area contributed by atoms with Crippen LogP contribution in [0.15, 0.2) is 85.1 Å². The van der Waals surface area contributed by atoms with Crippen LogP contribution in [0.5, 0.6) is 0 Å². The number of carbonyl (C=O) groups is 2. The van der Waals surface area contributed by atoms with Crippen molar-refractivity contribution in [1.29, 1.82) is 0 Å². The zero-order chi connectivity index (χ0) is 61.9. The Hall–Kier alpha value is -2.92. The summed E-state index contributed by atoms with van der Waals surface area (Å²) in [4.78, 5) is 24.7. The highest BCUT2D eigenvalue weighted by Gasteiger charge is 2.16. The Morgan fingerprint density at radius 2 is 0.500 bits per heavy atom. The SMILES string of the molecule is CC/C=C\C/C=C\C/C=C\C/C=C\C/C=C\CCCCCCCCCCCCCCCCCC(=O)OC(CO)COC(=O)CCCCCCCCCCCCCCCCCCCCCCCCCCCCCCC/C=C\C/C=C\CCCCCCC. The number of hydrogen-bond acceptors (Lipinski definition) is 5. The quantitative estimate of drug-likeness (QED) is 0.0373. The predicted octanol–water partition coefficient (Wildman–Crippen LogP) is 26.8. The molecule has 0 amide bonds. The Balaban J connectivity index is 3.39. The van der Waals surface area contributed by atoms with Crippen molar-refractivity contribution in [2.75, 3.05) is 13.2 Å². The first-order valence-corrected chi connectivity index (χ1v) is 38.1. The Labute approximate surface area is 536 Å². The third-order valence-corrected chi connectivity index (χ3v) is 17.2. The number of aliphatic hydroxyl groups excluding tert-OH is 1. The predicted molar refractivity (Wildman–Crippen MR) is 380 cm³/mol. The van der Waals surface area contributed by atoms with Crippen LogP contribution < -0.4 is 0 Å². The highest BCUT2D eigenvalue weighted by Crippen LogP contribution is 2.19. The summed E-state index contributed by atoms with van der Waals surface area (Å²) in [6.45, 7) is 4.06. The van der Waals surface area contributed by atoms with E-state index in [2.05, 4.69) is 98.9 Å². The van der Waals surface area contributed by atoms with Gasteiger partial charge in [0.25, 0.3) is 0 Å². The van der Waals surface area contributed by atoms with Gasteiger partial charge in [0.05, 0.1) is 6.61 Å². The van der Waals surface area contributed by atoms with Crippen LogP contribution in [-0.2, 0) is 19.1 Å². The number of rotatable bonds is 71. The molecule has 1 N–H and O–H groups in total. The van der Waals surface area contributed by atoms with E-state index in [0.717, 1.165) is 77.0 Å². The van der Waals surface area contributed by atoms with E-state index in [9.17, 15) is 14.7 Å². The van der Waals surface area contributed by atoms with Crippen LogP contribution in [0.3, 0.4) is 0 Å². The third kappa shape index (κ3) is 73.5. The summed E-state index contributed by atoms with van der Waals surface area (Å²) >= 11 is 0. The molecule has 0 saturated carbocycles. The number of hydrogen-bond donors (Lipinski definition) is 1. The summed E-state index contributed by atoms with van der Waals surface area (Å²) < 4.78 is 10.8. The minimum atomic E-state index is -0.775. The molecule has 0 aromatic carbocycles. The molecule has 0 aliphatic rings. The Morgan fingerprint density at radius 3 is 0.756 bits per heavy atom. The van der Waals surface area contributed by atoms with E-state index < -0.39 is 6.10 Å². The maximum absolute atomic E-state index is 12.4. The van der Waals surface area contributed by atoms with Crippen LogP contribution in [-0.4, -0.2) is 36.4 Å². The maximum atomic E-state index is 12.4. The molecule has 1 atom stereocenters. The molecular formula is C81H146O5. The molecule has 500 valence electrons. The van der Waals surface area contributed by atoms with Crippen LogP contribution in [0, 0.1) is 0 Å². The van der Waals surface area contributed by atoms with Gasteiger partial charge in [-0.1, -0.05) is 381 Å². The Bertz CT molecular complexity index is 1550. The minimum absolute atomic E-state index is 0.0632. The summed E-state index contributed by atoms with van der Waals surface area (Å²) in [5.41, 5.74) is 0. The molecule has 86 heavy (non-hydrogen) atoms. The molecule has 5 heteroatoms. The van der Waals surface area contributed by atoms with Gasteiger partial charge >= 0.3 is 11.9 Å². The van der Waals surface area contributed by atoms with Crippen molar-refractivity contribution in [3.05, 3.63) is 85.1 Å². The van der Waals surface area contributed by atoms with Gasteiger partial charge in [-0.25, -0.2) is 0 Å². The second-order valence-corrected chi connectivity index (χ2v) is 25.7. The Morgan fingerprint density at radius 1 is 0.279 bits per heavy atom. The van der Waals surface area contributed by atoms with Gasteiger partial charge in [0.1, 0.15) is 6.61 Å². The average molecular weight is 1200 g/mol. The molecule has 0 fully saturated rings. The zero-order valence-corrected chi connectivity index (χ0v) is 57.6. The monoisotopic (exact) mass is 1200 g/mol. The summed E-state index contributed by atoms with van der Waals surface area (Å²) in [6.07, 6.45) is 108. The maximum Gasteiger partial charge on any atom is 0.306 e. The molecule has 0 aliphatic carbocycles. The number of allylic oxidation sites excluding steroid dienone is 14. The van der Waals surface area contributed by atoms with Gasteiger partial charge in [-0.15, -0.1) is 0 Å². The van der Waals surface area contributed by atoms with Crippen molar-refractivity contribution in [2.45, 2.75) is 405 Å². The van der Waals surface area contributed by atoms with Crippen molar-refractivity contribution in [2.24, 2.45) is 0 Å². The fraction of sp³-hybridized carbons (Fsp3) is 0.802. The first-order valence-electron chi connectivity index (χ1n) is 38.1. The standard InChI is InChI=1S/C81H146O5/c1-3-5-7-9-11-13-15-17-19-21-23-25-27-29-31-33-35-36-37-38-39-40-41-42-43-44-46-47-49-51-53-55-57-59-61-63-65-67-69-71-73-75-80(83)85-78-79(77-82)86-81(84)76-74-72-70-68-66-64-62-60-58-56-54-52-50-48-45-34-32-30-28-26-24-22-20-18-16-14-12-10-8-6-4-2/h6,8,12,14-15,17-18,20-21,23-24,26,30,32,79,82H,3-5,7,9-11,13,16,19,22,25,27-29,31,33-78H2,1-2H3/b8-6-,14-12-,17-15-,20-18-,23-21-,26-24-,32-30-. The van der Waals surface area contributed by atoms with E-state index in [-0.39, 0.29) is 25.2 Å². The molecule has 0 aliphatic heterocycles. The second-order valence-electron chi connectivity index (χ2n) is 25.7. The largest absolute Gasteiger partial charge is 0.462 e. The molecule has 0 heterocycles. The first-order chi connectivity index (χ1) is 42.6. The lowest BCUT2D eigenvalue weighted by Gasteiger charge is -2.15. The van der Waals surface area contributed by atoms with Crippen LogP contribution in [0.2, 0.25) is 0 Å². The Kier molecular flexibility index (Phi) is 73.7. The van der Waals surface area contributed by atoms with Crippen LogP contribution in [0.25, 0.3) is 0 Å². The summed E-state index contributed by atoms with van der Waals surface area (Å²) in [7, 11) is 0. The number of unbranched alkanes of at least 4 members (excludes halogenated alkanes) is 49. The van der Waals surface area contributed by atoms with Gasteiger partial charge in [0, 0.05) is 12.8 Å². The van der Waals surface area contributed by atoms with Crippen molar-refractivity contribution < 1.29 is 24.2 Å². The van der Waals surface area contributed by atoms with Gasteiger partial charge in [-0.05, 0) is 89.9 Å². The lowest BCUT2D eigenvalue weighted by atomic mass is 10.0. The highest BCUT2D eigenvalue weighted by atomic mass is 16.6. The summed E-state index contributed by atoms with van der Waals surface area (Å²) in [5, 5.41) is 9.72. The normalized spacial score (nSPS) is 12.6. The molecule has 0 aromatic rings. The number of ether oxygens (including phenoxy) is 2. The van der Waals surface area contributed by atoms with E-state index in [1.54, 1.807) is 0 Å². The molecule has 1 unspecified atom stereocenters. The van der Waals surface area contributed by atoms with Gasteiger partial charge in [0.2, 0.25) is 0 Å². The molecule has 0 bridgehead atoms. The molecular weight excluding hydrogens is 1050 g/mol. The van der Waals surface area contributed by atoms with E-state index in [4.69, 9.17) is 9.47 Å². The van der Waals surface area contributed by atoms with Crippen molar-refractivity contribution >= 4 is 11.9 Å². The van der Waals surface area contributed by atoms with Crippen molar-refractivity contribution in [3.63, 3.8) is 0 Å². The minimum Gasteiger partial charge on any atom is -0.462 e. The molecule has 0 rings (SSSR count). The molecule has 0 aromatic heterocycles. The second kappa shape index (κ2) is 76.3. The fourth-order valence-electron chi connectivity index (χ4n) is 11.5. The zero-order valence-electron chi connectivity index (χ0n) is 57.6. The number of esters is 2. The third-order valence-electron chi connectivity index (χ3n) is 17.2. The van der Waals surface area contributed by atoms with Crippen molar-refractivity contribution in [3.8, 4) is 0 Å². The lowest BCUT2D eigenvalue weighted by molar-refractivity contribution is -0.161.